The number of rotatable bonds is 7. The number of hydrogen-bond acceptors (Lipinski definition) is 0. The van der Waals surface area contributed by atoms with Gasteiger partial charge in [-0.05, 0) is 91.9 Å². The van der Waals surface area contributed by atoms with Crippen LogP contribution in [0.3, 0.4) is 0 Å². The summed E-state index contributed by atoms with van der Waals surface area (Å²) in [5.41, 5.74) is -5.75. The van der Waals surface area contributed by atoms with E-state index in [1.165, 1.54) is 6.07 Å². The fourth-order valence-electron chi connectivity index (χ4n) is 7.71. The van der Waals surface area contributed by atoms with Crippen LogP contribution in [0.15, 0.2) is 84.9 Å². The van der Waals surface area contributed by atoms with Crippen LogP contribution in [0.2, 0.25) is 0 Å². The Morgan fingerprint density at radius 3 is 1.22 bits per heavy atom. The molecule has 0 heterocycles. The Kier molecular flexibility index (Phi) is 15.3. The molecule has 0 N–H and O–H groups in total. The summed E-state index contributed by atoms with van der Waals surface area (Å²) in [6.45, 7) is 1.96. The molecule has 2 saturated carbocycles. The first kappa shape index (κ1) is 45.4. The second-order valence-corrected chi connectivity index (χ2v) is 19.2. The van der Waals surface area contributed by atoms with E-state index < -0.39 is 73.4 Å². The van der Waals surface area contributed by atoms with Crippen molar-refractivity contribution < 1.29 is 69.8 Å². The molecule has 0 saturated heterocycles. The summed E-state index contributed by atoms with van der Waals surface area (Å²) < 4.78 is 169. The molecule has 2 aliphatic rings. The third kappa shape index (κ3) is 11.6. The van der Waals surface area contributed by atoms with Crippen LogP contribution in [0.4, 0.5) is 52.7 Å². The van der Waals surface area contributed by atoms with Crippen molar-refractivity contribution in [2.45, 2.75) is 113 Å². The molecule has 0 nitrogen and oxygen atoms in total. The van der Waals surface area contributed by atoms with Gasteiger partial charge >= 0.3 is 41.8 Å². The second-order valence-electron chi connectivity index (χ2n) is 13.9. The van der Waals surface area contributed by atoms with Gasteiger partial charge in [0.2, 0.25) is 0 Å². The number of halogens is 12. The molecule has 2 fully saturated rings. The van der Waals surface area contributed by atoms with Crippen molar-refractivity contribution in [1.82, 2.24) is 0 Å². The molecule has 2 aliphatic carbocycles. The fraction of sp³-hybridized carbons (Fsp3) is 0.450. The SMILES string of the molecule is CC(c1cc[cH-]c1P(c1cc(C(F)(F)F)cc(C(F)(F)F)c1)c1cc(C(F)(F)F)cc(C(F)(F)F)c1)P(C1CCCCC1)C1CCCCC1.[Fe+2].c1cc[cH-]c1. The minimum Gasteiger partial charge on any atom is -0.214 e. The summed E-state index contributed by atoms with van der Waals surface area (Å²) in [7, 11) is -3.56. The van der Waals surface area contributed by atoms with Crippen LogP contribution < -0.4 is 15.9 Å². The third-order valence-electron chi connectivity index (χ3n) is 10.2. The molecule has 0 radical (unpaired) electrons. The summed E-state index contributed by atoms with van der Waals surface area (Å²) in [6.07, 6.45) is -10.9. The predicted molar refractivity (Wildman–Crippen MR) is 192 cm³/mol. The van der Waals surface area contributed by atoms with E-state index in [9.17, 15) is 52.7 Å². The van der Waals surface area contributed by atoms with E-state index in [1.54, 1.807) is 12.1 Å². The average molecular weight is 867 g/mol. The van der Waals surface area contributed by atoms with Crippen LogP contribution >= 0.6 is 15.8 Å². The first-order valence-electron chi connectivity index (χ1n) is 17.8. The zero-order valence-corrected chi connectivity index (χ0v) is 32.6. The molecule has 0 aliphatic heterocycles. The topological polar surface area (TPSA) is 0 Å². The Morgan fingerprint density at radius 2 is 0.909 bits per heavy atom. The smallest absolute Gasteiger partial charge is 0.214 e. The van der Waals surface area contributed by atoms with Gasteiger partial charge in [-0.2, -0.15) is 88.6 Å². The van der Waals surface area contributed by atoms with E-state index >= 15 is 0 Å². The molecule has 0 amide bonds. The molecule has 0 bridgehead atoms. The third-order valence-corrected chi connectivity index (χ3v) is 16.5. The summed E-state index contributed by atoms with van der Waals surface area (Å²) >= 11 is 0. The van der Waals surface area contributed by atoms with Crippen molar-refractivity contribution in [3.8, 4) is 0 Å². The van der Waals surface area contributed by atoms with Crippen LogP contribution in [0.1, 0.15) is 105 Å². The van der Waals surface area contributed by atoms with E-state index in [4.69, 9.17) is 0 Å². The van der Waals surface area contributed by atoms with E-state index in [1.807, 2.05) is 37.3 Å². The Morgan fingerprint density at radius 1 is 0.545 bits per heavy atom. The second kappa shape index (κ2) is 18.5. The summed E-state index contributed by atoms with van der Waals surface area (Å²) in [5, 5.41) is -1.10. The average Bonchev–Trinajstić information content (AvgIpc) is 3.84. The van der Waals surface area contributed by atoms with Gasteiger partial charge in [0.1, 0.15) is 0 Å². The molecule has 302 valence electrons. The van der Waals surface area contributed by atoms with Gasteiger partial charge < -0.3 is 0 Å². The molecule has 4 aromatic rings. The quantitative estimate of drug-likeness (QED) is 0.0751. The van der Waals surface area contributed by atoms with Crippen molar-refractivity contribution in [2.24, 2.45) is 0 Å². The normalized spacial score (nSPS) is 17.1. The van der Waals surface area contributed by atoms with Gasteiger partial charge in [-0.3, -0.25) is 0 Å². The molecule has 15 heteroatoms. The molecular formula is C40H40F12FeP2. The number of benzene rings is 2. The van der Waals surface area contributed by atoms with Crippen LogP contribution in [-0.2, 0) is 41.8 Å². The maximum Gasteiger partial charge on any atom is 2.00 e. The van der Waals surface area contributed by atoms with Crippen LogP contribution in [0.25, 0.3) is 0 Å². The van der Waals surface area contributed by atoms with Crippen molar-refractivity contribution >= 4 is 31.8 Å². The number of alkyl halides is 12. The van der Waals surface area contributed by atoms with Crippen LogP contribution in [0.5, 0.6) is 0 Å². The Bertz CT molecular complexity index is 1600. The molecule has 4 aromatic carbocycles. The van der Waals surface area contributed by atoms with E-state index in [2.05, 4.69) is 0 Å². The van der Waals surface area contributed by atoms with Crippen LogP contribution in [0, 0.1) is 0 Å². The van der Waals surface area contributed by atoms with Gasteiger partial charge in [0, 0.05) is 0 Å². The Balaban J connectivity index is 0.00000104. The van der Waals surface area contributed by atoms with Gasteiger partial charge in [0.15, 0.2) is 0 Å². The summed E-state index contributed by atoms with van der Waals surface area (Å²) in [4.78, 5) is 0. The minimum atomic E-state index is -5.28. The van der Waals surface area contributed by atoms with E-state index in [0.29, 0.717) is 41.1 Å². The predicted octanol–water partition coefficient (Wildman–Crippen LogP) is 13.9. The molecule has 55 heavy (non-hydrogen) atoms. The Labute approximate surface area is 326 Å². The Hall–Kier alpha value is -2.32. The van der Waals surface area contributed by atoms with Gasteiger partial charge in [-0.1, -0.05) is 51.1 Å². The summed E-state index contributed by atoms with van der Waals surface area (Å²) in [6, 6.07) is 16.2. The zero-order chi connectivity index (χ0) is 39.5. The first-order chi connectivity index (χ1) is 25.2. The van der Waals surface area contributed by atoms with Crippen molar-refractivity contribution in [1.29, 1.82) is 0 Å². The van der Waals surface area contributed by atoms with Gasteiger partial charge in [-0.25, -0.2) is 18.2 Å². The number of hydrogen-bond donors (Lipinski definition) is 0. The maximum absolute atomic E-state index is 14.1. The van der Waals surface area contributed by atoms with E-state index in [-0.39, 0.29) is 40.2 Å². The van der Waals surface area contributed by atoms with Gasteiger partial charge in [0.25, 0.3) is 0 Å². The van der Waals surface area contributed by atoms with Crippen LogP contribution in [-0.4, -0.2) is 11.3 Å². The standard InChI is InChI=1S/C35H35F12P2.C5H5.Fe/c1-21(48(26-9-4-2-5-10-26)27-11-6-3-7-12-27)30-13-8-14-31(30)49(28-17-22(32(36,37)38)15-23(18-28)33(39,40)41)29-19-24(34(42,43)44)16-25(20-29)35(45,46)47;1-2-4-5-3-1;/h8,13-21,26-27H,2-7,9-12H2,1H3;1-5H;/q2*-1;+2. The van der Waals surface area contributed by atoms with Crippen molar-refractivity contribution in [3.63, 3.8) is 0 Å². The molecule has 1 atom stereocenters. The zero-order valence-electron chi connectivity index (χ0n) is 29.7. The molecule has 0 aromatic heterocycles. The summed E-state index contributed by atoms with van der Waals surface area (Å²) in [5.74, 6) is 0. The fourth-order valence-corrected chi connectivity index (χ4v) is 14.8. The van der Waals surface area contributed by atoms with Crippen molar-refractivity contribution in [2.75, 3.05) is 0 Å². The maximum atomic E-state index is 14.1. The monoisotopic (exact) mass is 866 g/mol. The van der Waals surface area contributed by atoms with Gasteiger partial charge in [-0.15, -0.1) is 13.2 Å². The van der Waals surface area contributed by atoms with Gasteiger partial charge in [0.05, 0.1) is 22.3 Å². The first-order valence-corrected chi connectivity index (χ1v) is 20.7. The largest absolute Gasteiger partial charge is 2.00 e. The minimum absolute atomic E-state index is 0. The van der Waals surface area contributed by atoms with E-state index in [0.717, 1.165) is 64.2 Å². The molecule has 1 unspecified atom stereocenters. The molecular weight excluding hydrogens is 826 g/mol. The molecule has 6 rings (SSSR count). The van der Waals surface area contributed by atoms with Crippen molar-refractivity contribution in [3.05, 3.63) is 113 Å². The molecule has 0 spiro atoms.